The normalized spacial score (nSPS) is 44.5. The lowest BCUT2D eigenvalue weighted by Crippen LogP contribution is -2.40. The summed E-state index contributed by atoms with van der Waals surface area (Å²) < 4.78 is 6.38. The van der Waals surface area contributed by atoms with Crippen LogP contribution in [-0.4, -0.2) is 12.2 Å². The molecule has 1 saturated heterocycles. The van der Waals surface area contributed by atoms with Crippen LogP contribution >= 0.6 is 0 Å². The fourth-order valence-electron chi connectivity index (χ4n) is 4.28. The first-order chi connectivity index (χ1) is 8.55. The lowest BCUT2D eigenvalue weighted by atomic mass is 9.65. The van der Waals surface area contributed by atoms with Gasteiger partial charge in [0.05, 0.1) is 12.2 Å². The van der Waals surface area contributed by atoms with Gasteiger partial charge in [0.1, 0.15) is 0 Å². The summed E-state index contributed by atoms with van der Waals surface area (Å²) in [7, 11) is 0. The van der Waals surface area contributed by atoms with E-state index < -0.39 is 0 Å². The van der Waals surface area contributed by atoms with Gasteiger partial charge in [0.2, 0.25) is 0 Å². The van der Waals surface area contributed by atoms with Gasteiger partial charge in [-0.25, -0.2) is 0 Å². The van der Waals surface area contributed by atoms with Crippen molar-refractivity contribution in [2.75, 3.05) is 6.61 Å². The molecule has 0 radical (unpaired) electrons. The second-order valence-corrected chi connectivity index (χ2v) is 7.90. The Morgan fingerprint density at radius 1 is 1.06 bits per heavy atom. The van der Waals surface area contributed by atoms with Crippen molar-refractivity contribution in [3.8, 4) is 0 Å². The molecule has 18 heavy (non-hydrogen) atoms. The Bertz CT molecular complexity index is 285. The molecule has 2 saturated carbocycles. The number of hydrogen-bond acceptors (Lipinski definition) is 1. The fourth-order valence-corrected chi connectivity index (χ4v) is 4.28. The molecule has 1 heterocycles. The maximum Gasteiger partial charge on any atom is 0.0683 e. The summed E-state index contributed by atoms with van der Waals surface area (Å²) in [6.45, 7) is 8.34. The third kappa shape index (κ3) is 2.35. The highest BCUT2D eigenvalue weighted by molar-refractivity contribution is 4.97. The van der Waals surface area contributed by atoms with Crippen LogP contribution in [0.25, 0.3) is 0 Å². The van der Waals surface area contributed by atoms with Gasteiger partial charge in [-0.15, -0.1) is 0 Å². The average molecular weight is 250 g/mol. The van der Waals surface area contributed by atoms with E-state index in [9.17, 15) is 0 Å². The molecule has 0 aromatic rings. The molecule has 0 amide bonds. The van der Waals surface area contributed by atoms with Crippen LogP contribution in [0.2, 0.25) is 0 Å². The van der Waals surface area contributed by atoms with E-state index in [4.69, 9.17) is 4.74 Å². The van der Waals surface area contributed by atoms with Crippen LogP contribution in [0, 0.1) is 23.2 Å². The van der Waals surface area contributed by atoms with Crippen molar-refractivity contribution in [2.45, 2.75) is 77.7 Å². The van der Waals surface area contributed by atoms with Crippen LogP contribution in [0.3, 0.4) is 0 Å². The van der Waals surface area contributed by atoms with Gasteiger partial charge in [0, 0.05) is 0 Å². The predicted octanol–water partition coefficient (Wildman–Crippen LogP) is 4.80. The van der Waals surface area contributed by atoms with Gasteiger partial charge in [-0.1, -0.05) is 27.2 Å². The molecule has 3 fully saturated rings. The third-order valence-corrected chi connectivity index (χ3v) is 6.56. The number of fused-ring (bicyclic) bond motifs is 1. The van der Waals surface area contributed by atoms with E-state index in [2.05, 4.69) is 20.8 Å². The molecule has 1 heteroatoms. The van der Waals surface area contributed by atoms with Crippen molar-refractivity contribution in [1.29, 1.82) is 0 Å². The molecule has 3 rings (SSSR count). The minimum Gasteiger partial charge on any atom is -0.375 e. The van der Waals surface area contributed by atoms with E-state index in [1.807, 2.05) is 0 Å². The van der Waals surface area contributed by atoms with Crippen molar-refractivity contribution in [1.82, 2.24) is 0 Å². The molecule has 2 atom stereocenters. The molecule has 104 valence electrons. The lowest BCUT2D eigenvalue weighted by Gasteiger charge is -2.44. The lowest BCUT2D eigenvalue weighted by molar-refractivity contribution is -0.0906. The number of ether oxygens (including phenoxy) is 1. The first-order valence-electron chi connectivity index (χ1n) is 8.19. The average Bonchev–Trinajstić information content (AvgIpc) is 3.14. The van der Waals surface area contributed by atoms with Crippen LogP contribution in [0.4, 0.5) is 0 Å². The van der Waals surface area contributed by atoms with E-state index in [0.29, 0.717) is 11.0 Å². The highest BCUT2D eigenvalue weighted by Gasteiger charge is 2.47. The molecule has 0 bridgehead atoms. The summed E-state index contributed by atoms with van der Waals surface area (Å²) in [5.41, 5.74) is 0.836. The minimum atomic E-state index is 0.299. The first-order valence-corrected chi connectivity index (χ1v) is 8.19. The summed E-state index contributed by atoms with van der Waals surface area (Å²) in [6, 6.07) is 0. The Balaban J connectivity index is 1.58. The van der Waals surface area contributed by atoms with E-state index in [0.717, 1.165) is 24.4 Å². The summed E-state index contributed by atoms with van der Waals surface area (Å²) in [6.07, 6.45) is 11.0. The summed E-state index contributed by atoms with van der Waals surface area (Å²) in [5, 5.41) is 0. The third-order valence-electron chi connectivity index (χ3n) is 6.56. The largest absolute Gasteiger partial charge is 0.375 e. The molecule has 1 nitrogen and oxygen atoms in total. The Labute approximate surface area is 113 Å². The van der Waals surface area contributed by atoms with Crippen LogP contribution in [0.15, 0.2) is 0 Å². The van der Waals surface area contributed by atoms with Gasteiger partial charge >= 0.3 is 0 Å². The summed E-state index contributed by atoms with van der Waals surface area (Å²) >= 11 is 0. The maximum absolute atomic E-state index is 6.38. The minimum absolute atomic E-state index is 0.299. The quantitative estimate of drug-likeness (QED) is 0.684. The van der Waals surface area contributed by atoms with Crippen molar-refractivity contribution in [3.05, 3.63) is 0 Å². The van der Waals surface area contributed by atoms with Crippen LogP contribution in [0.1, 0.15) is 72.1 Å². The Morgan fingerprint density at radius 2 is 1.72 bits per heavy atom. The Morgan fingerprint density at radius 3 is 2.39 bits per heavy atom. The molecular weight excluding hydrogens is 220 g/mol. The summed E-state index contributed by atoms with van der Waals surface area (Å²) in [4.78, 5) is 0. The molecule has 3 aliphatic rings. The summed E-state index contributed by atoms with van der Waals surface area (Å²) in [5.74, 6) is 2.90. The zero-order valence-corrected chi connectivity index (χ0v) is 12.5. The van der Waals surface area contributed by atoms with Gasteiger partial charge in [-0.3, -0.25) is 0 Å². The topological polar surface area (TPSA) is 9.23 Å². The molecule has 0 aromatic heterocycles. The zero-order chi connectivity index (χ0) is 12.8. The van der Waals surface area contributed by atoms with Gasteiger partial charge in [-0.2, -0.15) is 0 Å². The maximum atomic E-state index is 6.38. The molecular formula is C17H30O. The monoisotopic (exact) mass is 250 g/mol. The van der Waals surface area contributed by atoms with Crippen molar-refractivity contribution in [2.24, 2.45) is 23.2 Å². The van der Waals surface area contributed by atoms with E-state index >= 15 is 0 Å². The smallest absolute Gasteiger partial charge is 0.0683 e. The number of hydrogen-bond donors (Lipinski definition) is 0. The van der Waals surface area contributed by atoms with Crippen LogP contribution in [0.5, 0.6) is 0 Å². The van der Waals surface area contributed by atoms with E-state index in [1.54, 1.807) is 0 Å². The molecule has 0 aromatic carbocycles. The van der Waals surface area contributed by atoms with Crippen LogP contribution in [-0.2, 0) is 4.74 Å². The van der Waals surface area contributed by atoms with Gasteiger partial charge in [0.15, 0.2) is 0 Å². The fraction of sp³-hybridized carbons (Fsp3) is 1.00. The van der Waals surface area contributed by atoms with Gasteiger partial charge < -0.3 is 4.74 Å². The molecule has 1 spiro atoms. The van der Waals surface area contributed by atoms with E-state index in [-0.39, 0.29) is 0 Å². The van der Waals surface area contributed by atoms with Gasteiger partial charge in [0.25, 0.3) is 0 Å². The molecule has 2 unspecified atom stereocenters. The highest BCUT2D eigenvalue weighted by atomic mass is 16.5. The van der Waals surface area contributed by atoms with Crippen LogP contribution < -0.4 is 0 Å². The standard InChI is InChI=1S/C17H30O/c1-4-16(2,3)15-6-9-17(10-7-15)8-5-13-11-14(13)12-18-17/h13-15H,4-12H2,1-3H3. The predicted molar refractivity (Wildman–Crippen MR) is 75.5 cm³/mol. The SMILES string of the molecule is CCC(C)(C)C1CCC2(CCC3CC3CO2)CC1. The van der Waals surface area contributed by atoms with Gasteiger partial charge in [-0.05, 0) is 68.1 Å². The first kappa shape index (κ1) is 13.0. The molecule has 0 N–H and O–H groups in total. The second kappa shape index (κ2) is 4.51. The van der Waals surface area contributed by atoms with E-state index in [1.165, 1.54) is 51.4 Å². The van der Waals surface area contributed by atoms with Crippen molar-refractivity contribution >= 4 is 0 Å². The Hall–Kier alpha value is -0.0400. The Kier molecular flexibility index (Phi) is 3.25. The number of rotatable bonds is 2. The molecule has 2 aliphatic carbocycles. The zero-order valence-electron chi connectivity index (χ0n) is 12.5. The van der Waals surface area contributed by atoms with Crippen molar-refractivity contribution in [3.63, 3.8) is 0 Å². The highest BCUT2D eigenvalue weighted by Crippen LogP contribution is 2.52. The van der Waals surface area contributed by atoms with Crippen molar-refractivity contribution < 1.29 is 4.74 Å². The second-order valence-electron chi connectivity index (χ2n) is 7.90. The molecule has 1 aliphatic heterocycles.